The second kappa shape index (κ2) is 6.44. The molecule has 0 bridgehead atoms. The van der Waals surface area contributed by atoms with E-state index in [9.17, 15) is 4.79 Å². The van der Waals surface area contributed by atoms with Gasteiger partial charge >= 0.3 is 5.97 Å². The number of carbonyl (C=O) groups is 1. The lowest BCUT2D eigenvalue weighted by atomic mass is 10.1. The van der Waals surface area contributed by atoms with Gasteiger partial charge in [-0.3, -0.25) is 0 Å². The van der Waals surface area contributed by atoms with Crippen molar-refractivity contribution in [1.29, 1.82) is 0 Å². The summed E-state index contributed by atoms with van der Waals surface area (Å²) in [4.78, 5) is 22.3. The Morgan fingerprint density at radius 1 is 1.27 bits per heavy atom. The maximum Gasteiger partial charge on any atom is 0.337 e. The number of hydrogen-bond acceptors (Lipinski definition) is 4. The molecule has 3 heterocycles. The van der Waals surface area contributed by atoms with E-state index in [1.54, 1.807) is 6.07 Å². The molecule has 0 aliphatic carbocycles. The van der Waals surface area contributed by atoms with Crippen molar-refractivity contribution in [3.05, 3.63) is 54.0 Å². The third kappa shape index (κ3) is 3.17. The lowest BCUT2D eigenvalue weighted by Crippen LogP contribution is -2.08. The number of nitrogens with one attached hydrogen (secondary N) is 2. The van der Waals surface area contributed by atoms with Gasteiger partial charge in [0.25, 0.3) is 0 Å². The van der Waals surface area contributed by atoms with Crippen molar-refractivity contribution in [3.63, 3.8) is 0 Å². The predicted molar refractivity (Wildman–Crippen MR) is 86.6 cm³/mol. The fourth-order valence-electron chi connectivity index (χ4n) is 2.10. The molecule has 3 N–H and O–H groups in total. The lowest BCUT2D eigenvalue weighted by molar-refractivity contribution is 0.0696. The van der Waals surface area contributed by atoms with Crippen molar-refractivity contribution in [3.8, 4) is 0 Å². The highest BCUT2D eigenvalue weighted by Crippen LogP contribution is 2.20. The van der Waals surface area contributed by atoms with E-state index in [1.165, 1.54) is 12.3 Å². The van der Waals surface area contributed by atoms with Crippen molar-refractivity contribution >= 4 is 35.2 Å². The van der Waals surface area contributed by atoms with Gasteiger partial charge in [-0.05, 0) is 36.8 Å². The minimum Gasteiger partial charge on any atom is -0.478 e. The molecule has 3 rings (SSSR count). The number of pyridine rings is 2. The topological polar surface area (TPSA) is 90.9 Å². The van der Waals surface area contributed by atoms with Gasteiger partial charge in [-0.2, -0.15) is 0 Å². The van der Waals surface area contributed by atoms with Crippen LogP contribution in [0, 0.1) is 0 Å². The van der Waals surface area contributed by atoms with Crippen LogP contribution in [0.2, 0.25) is 0 Å². The summed E-state index contributed by atoms with van der Waals surface area (Å²) in [6.45, 7) is 2.00. The molecule has 6 nitrogen and oxygen atoms in total. The molecule has 0 saturated heterocycles. The summed E-state index contributed by atoms with van der Waals surface area (Å²) in [5, 5.41) is 13.1. The summed E-state index contributed by atoms with van der Waals surface area (Å²) in [5.41, 5.74) is 2.06. The molecule has 7 heteroatoms. The average Bonchev–Trinajstić information content (AvgIpc) is 2.95. The van der Waals surface area contributed by atoms with Crippen LogP contribution in [0.1, 0.15) is 28.9 Å². The van der Waals surface area contributed by atoms with Crippen molar-refractivity contribution in [2.75, 3.05) is 5.32 Å². The zero-order valence-electron chi connectivity index (χ0n) is 11.8. The Kier molecular flexibility index (Phi) is 4.62. The van der Waals surface area contributed by atoms with Crippen LogP contribution in [0.3, 0.4) is 0 Å². The maximum atomic E-state index is 10.8. The van der Waals surface area contributed by atoms with Crippen molar-refractivity contribution in [1.82, 2.24) is 15.0 Å². The molecule has 0 amide bonds. The average molecular weight is 319 g/mol. The van der Waals surface area contributed by atoms with Crippen molar-refractivity contribution < 1.29 is 9.90 Å². The van der Waals surface area contributed by atoms with Gasteiger partial charge in [-0.1, -0.05) is 0 Å². The van der Waals surface area contributed by atoms with Crippen LogP contribution in [0.4, 0.5) is 5.82 Å². The molecule has 0 radical (unpaired) electrons. The molecule has 0 spiro atoms. The SMILES string of the molecule is CC(Nc1ccc(C(=O)O)cn1)c1cnc2[nH]ccc2c1.Cl. The minimum absolute atomic E-state index is 0. The number of halogens is 1. The first kappa shape index (κ1) is 15.8. The van der Waals surface area contributed by atoms with E-state index in [-0.39, 0.29) is 24.0 Å². The van der Waals surface area contributed by atoms with Crippen molar-refractivity contribution in [2.45, 2.75) is 13.0 Å². The second-order valence-electron chi connectivity index (χ2n) is 4.79. The summed E-state index contributed by atoms with van der Waals surface area (Å²) < 4.78 is 0. The number of fused-ring (bicyclic) bond motifs is 1. The van der Waals surface area contributed by atoms with Gasteiger partial charge in [0.1, 0.15) is 11.5 Å². The number of nitrogens with zero attached hydrogens (tertiary/aromatic N) is 2. The Balaban J connectivity index is 0.00000176. The van der Waals surface area contributed by atoms with Gasteiger partial charge < -0.3 is 15.4 Å². The number of rotatable bonds is 4. The molecule has 3 aromatic heterocycles. The van der Waals surface area contributed by atoms with Gasteiger partial charge in [0.05, 0.1) is 11.6 Å². The highest BCUT2D eigenvalue weighted by atomic mass is 35.5. The van der Waals surface area contributed by atoms with E-state index in [0.29, 0.717) is 5.82 Å². The number of anilines is 1. The van der Waals surface area contributed by atoms with E-state index >= 15 is 0 Å². The zero-order chi connectivity index (χ0) is 14.8. The smallest absolute Gasteiger partial charge is 0.337 e. The quantitative estimate of drug-likeness (QED) is 0.687. The largest absolute Gasteiger partial charge is 0.478 e. The minimum atomic E-state index is -0.982. The summed E-state index contributed by atoms with van der Waals surface area (Å²) in [7, 11) is 0. The Hall–Kier alpha value is -2.60. The Labute approximate surface area is 133 Å². The van der Waals surface area contributed by atoms with Crippen LogP contribution < -0.4 is 5.32 Å². The first-order valence-corrected chi connectivity index (χ1v) is 6.52. The highest BCUT2D eigenvalue weighted by molar-refractivity contribution is 5.87. The van der Waals surface area contributed by atoms with Crippen LogP contribution in [-0.4, -0.2) is 26.0 Å². The molecular weight excluding hydrogens is 304 g/mol. The number of aromatic nitrogens is 3. The zero-order valence-corrected chi connectivity index (χ0v) is 12.6. The molecule has 1 atom stereocenters. The molecule has 0 fully saturated rings. The second-order valence-corrected chi connectivity index (χ2v) is 4.79. The summed E-state index contributed by atoms with van der Waals surface area (Å²) in [6.07, 6.45) is 5.00. The van der Waals surface area contributed by atoms with Crippen LogP contribution in [0.5, 0.6) is 0 Å². The summed E-state index contributed by atoms with van der Waals surface area (Å²) >= 11 is 0. The van der Waals surface area contributed by atoms with E-state index in [4.69, 9.17) is 5.11 Å². The number of hydrogen-bond donors (Lipinski definition) is 3. The molecule has 3 aromatic rings. The Bertz CT molecular complexity index is 786. The third-order valence-electron chi connectivity index (χ3n) is 3.30. The van der Waals surface area contributed by atoms with Crippen LogP contribution >= 0.6 is 12.4 Å². The van der Waals surface area contributed by atoms with Crippen LogP contribution in [-0.2, 0) is 0 Å². The van der Waals surface area contributed by atoms with E-state index in [1.807, 2.05) is 25.4 Å². The molecule has 114 valence electrons. The number of carboxylic acid groups (broad SMARTS) is 1. The molecule has 0 saturated carbocycles. The van der Waals surface area contributed by atoms with Crippen LogP contribution in [0.15, 0.2) is 42.9 Å². The number of H-pyrrole nitrogens is 1. The molecule has 0 aliphatic rings. The van der Waals surface area contributed by atoms with Gasteiger partial charge in [-0.25, -0.2) is 14.8 Å². The number of aromatic carboxylic acids is 1. The van der Waals surface area contributed by atoms with Gasteiger partial charge in [0.15, 0.2) is 0 Å². The van der Waals surface area contributed by atoms with E-state index in [2.05, 4.69) is 26.3 Å². The van der Waals surface area contributed by atoms with Gasteiger partial charge in [0, 0.05) is 24.0 Å². The fourth-order valence-corrected chi connectivity index (χ4v) is 2.10. The number of aromatic amines is 1. The normalized spacial score (nSPS) is 11.7. The fraction of sp³-hybridized carbons (Fsp3) is 0.133. The Morgan fingerprint density at radius 3 is 2.77 bits per heavy atom. The maximum absolute atomic E-state index is 10.8. The summed E-state index contributed by atoms with van der Waals surface area (Å²) in [6, 6.07) is 7.22. The Morgan fingerprint density at radius 2 is 2.09 bits per heavy atom. The van der Waals surface area contributed by atoms with Crippen LogP contribution in [0.25, 0.3) is 11.0 Å². The molecule has 1 unspecified atom stereocenters. The number of carboxylic acids is 1. The van der Waals surface area contributed by atoms with E-state index in [0.717, 1.165) is 16.6 Å². The first-order valence-electron chi connectivity index (χ1n) is 6.52. The standard InChI is InChI=1S/C15H14N4O2.ClH/c1-9(12-6-10-4-5-16-14(10)18-8-12)19-13-3-2-11(7-17-13)15(20)21;/h2-9H,1H3,(H,16,18)(H,17,19)(H,20,21);1H. The predicted octanol–water partition coefficient (Wildman–Crippen LogP) is 3.25. The van der Waals surface area contributed by atoms with E-state index < -0.39 is 5.97 Å². The molecule has 0 aliphatic heterocycles. The van der Waals surface area contributed by atoms with Gasteiger partial charge in [0.2, 0.25) is 0 Å². The van der Waals surface area contributed by atoms with Crippen molar-refractivity contribution in [2.24, 2.45) is 0 Å². The first-order chi connectivity index (χ1) is 10.1. The summed E-state index contributed by atoms with van der Waals surface area (Å²) in [5.74, 6) is -0.356. The monoisotopic (exact) mass is 318 g/mol. The van der Waals surface area contributed by atoms with Gasteiger partial charge in [-0.15, -0.1) is 12.4 Å². The third-order valence-corrected chi connectivity index (χ3v) is 3.30. The molecule has 22 heavy (non-hydrogen) atoms. The highest BCUT2D eigenvalue weighted by Gasteiger charge is 2.09. The lowest BCUT2D eigenvalue weighted by Gasteiger charge is -2.14. The molecule has 0 aromatic carbocycles. The molecular formula is C15H15ClN4O2.